The Bertz CT molecular complexity index is 969. The lowest BCUT2D eigenvalue weighted by atomic mass is 10.2. The molecule has 0 atom stereocenters. The Morgan fingerprint density at radius 3 is 2.77 bits per heavy atom. The Kier molecular flexibility index (Phi) is 2.94. The molecule has 0 unspecified atom stereocenters. The van der Waals surface area contributed by atoms with Crippen molar-refractivity contribution in [1.29, 1.82) is 0 Å². The Balaban J connectivity index is 2.43. The van der Waals surface area contributed by atoms with Crippen LogP contribution in [0.1, 0.15) is 17.0 Å². The van der Waals surface area contributed by atoms with Gasteiger partial charge >= 0.3 is 6.18 Å². The number of rotatable bonds is 1. The standard InChI is InChI=1S/C13H9F3N4O2/c1-6-9(5-17-22)18-11-12(21)19-8-4-7(13(14,15)16)2-3-10(8)20(6)11/h2-5,22H,1H3,(H,19,21). The van der Waals surface area contributed by atoms with E-state index in [2.05, 4.69) is 15.1 Å². The second-order valence-electron chi connectivity index (χ2n) is 4.67. The number of hydrogen-bond donors (Lipinski definition) is 2. The van der Waals surface area contributed by atoms with Crippen molar-refractivity contribution in [3.05, 3.63) is 45.5 Å². The number of alkyl halides is 3. The highest BCUT2D eigenvalue weighted by molar-refractivity contribution is 5.84. The minimum absolute atomic E-state index is 0.0136. The van der Waals surface area contributed by atoms with Crippen molar-refractivity contribution >= 4 is 22.9 Å². The summed E-state index contributed by atoms with van der Waals surface area (Å²) in [5.74, 6) is 0. The zero-order chi connectivity index (χ0) is 16.1. The fraction of sp³-hybridized carbons (Fsp3) is 0.154. The average Bonchev–Trinajstić information content (AvgIpc) is 2.76. The molecule has 6 nitrogen and oxygen atoms in total. The Morgan fingerprint density at radius 2 is 2.14 bits per heavy atom. The summed E-state index contributed by atoms with van der Waals surface area (Å²) in [5, 5.41) is 11.4. The number of fused-ring (bicyclic) bond motifs is 3. The Hall–Kier alpha value is -2.84. The van der Waals surface area contributed by atoms with Crippen LogP contribution in [0.15, 0.2) is 28.1 Å². The van der Waals surface area contributed by atoms with Gasteiger partial charge in [0.1, 0.15) is 5.69 Å². The van der Waals surface area contributed by atoms with Gasteiger partial charge in [-0.15, -0.1) is 0 Å². The van der Waals surface area contributed by atoms with Gasteiger partial charge in [-0.3, -0.25) is 9.20 Å². The van der Waals surface area contributed by atoms with E-state index in [0.717, 1.165) is 18.3 Å². The van der Waals surface area contributed by atoms with E-state index >= 15 is 0 Å². The number of aryl methyl sites for hydroxylation is 1. The number of aromatic amines is 1. The van der Waals surface area contributed by atoms with Gasteiger partial charge < -0.3 is 10.2 Å². The van der Waals surface area contributed by atoms with E-state index in [9.17, 15) is 18.0 Å². The summed E-state index contributed by atoms with van der Waals surface area (Å²) in [5.41, 5.74) is -0.341. The number of H-pyrrole nitrogens is 1. The summed E-state index contributed by atoms with van der Waals surface area (Å²) < 4.78 is 39.7. The predicted molar refractivity (Wildman–Crippen MR) is 72.4 cm³/mol. The Morgan fingerprint density at radius 1 is 1.41 bits per heavy atom. The zero-order valence-corrected chi connectivity index (χ0v) is 11.1. The molecule has 2 heterocycles. The van der Waals surface area contributed by atoms with Crippen molar-refractivity contribution in [2.45, 2.75) is 13.1 Å². The number of oxime groups is 1. The van der Waals surface area contributed by atoms with Crippen LogP contribution in [0.4, 0.5) is 13.2 Å². The van der Waals surface area contributed by atoms with E-state index in [4.69, 9.17) is 5.21 Å². The van der Waals surface area contributed by atoms with Gasteiger partial charge in [0, 0.05) is 5.69 Å². The fourth-order valence-electron chi connectivity index (χ4n) is 2.33. The molecule has 1 aromatic carbocycles. The van der Waals surface area contributed by atoms with E-state index in [1.165, 1.54) is 10.5 Å². The first-order chi connectivity index (χ1) is 10.3. The van der Waals surface area contributed by atoms with Crippen LogP contribution >= 0.6 is 0 Å². The molecule has 3 aromatic rings. The molecule has 9 heteroatoms. The lowest BCUT2D eigenvalue weighted by molar-refractivity contribution is -0.137. The number of halogens is 3. The molecule has 3 rings (SSSR count). The van der Waals surface area contributed by atoms with Gasteiger partial charge in [-0.25, -0.2) is 4.98 Å². The van der Waals surface area contributed by atoms with Gasteiger partial charge in [0.05, 0.1) is 22.8 Å². The van der Waals surface area contributed by atoms with Gasteiger partial charge in [0.2, 0.25) is 5.65 Å². The zero-order valence-electron chi connectivity index (χ0n) is 11.1. The van der Waals surface area contributed by atoms with Crippen LogP contribution in [-0.2, 0) is 6.18 Å². The Labute approximate surface area is 120 Å². The first kappa shape index (κ1) is 14.1. The summed E-state index contributed by atoms with van der Waals surface area (Å²) in [6.45, 7) is 1.62. The maximum atomic E-state index is 12.8. The van der Waals surface area contributed by atoms with E-state index < -0.39 is 17.3 Å². The molecule has 0 saturated heterocycles. The van der Waals surface area contributed by atoms with Crippen LogP contribution in [0, 0.1) is 6.92 Å². The predicted octanol–water partition coefficient (Wildman–Crippen LogP) is 2.31. The van der Waals surface area contributed by atoms with Crippen LogP contribution in [0.3, 0.4) is 0 Å². The molecule has 0 spiro atoms. The second-order valence-corrected chi connectivity index (χ2v) is 4.67. The normalized spacial score (nSPS) is 12.7. The first-order valence-corrected chi connectivity index (χ1v) is 6.12. The molecule has 0 saturated carbocycles. The maximum Gasteiger partial charge on any atom is 0.416 e. The van der Waals surface area contributed by atoms with Crippen LogP contribution < -0.4 is 5.56 Å². The van der Waals surface area contributed by atoms with Crippen molar-refractivity contribution in [3.63, 3.8) is 0 Å². The smallest absolute Gasteiger partial charge is 0.411 e. The number of hydrogen-bond acceptors (Lipinski definition) is 4. The number of nitrogens with zero attached hydrogens (tertiary/aromatic N) is 3. The second kappa shape index (κ2) is 4.58. The van der Waals surface area contributed by atoms with Crippen molar-refractivity contribution < 1.29 is 18.4 Å². The van der Waals surface area contributed by atoms with Crippen molar-refractivity contribution in [3.8, 4) is 0 Å². The van der Waals surface area contributed by atoms with Gasteiger partial charge in [-0.05, 0) is 25.1 Å². The topological polar surface area (TPSA) is 82.8 Å². The largest absolute Gasteiger partial charge is 0.416 e. The molecule has 2 aromatic heterocycles. The highest BCUT2D eigenvalue weighted by atomic mass is 19.4. The summed E-state index contributed by atoms with van der Waals surface area (Å²) >= 11 is 0. The van der Waals surface area contributed by atoms with Gasteiger partial charge in [-0.1, -0.05) is 5.16 Å². The molecule has 22 heavy (non-hydrogen) atoms. The molecule has 0 bridgehead atoms. The summed E-state index contributed by atoms with van der Waals surface area (Å²) in [6, 6.07) is 3.06. The minimum atomic E-state index is -4.50. The third-order valence-corrected chi connectivity index (χ3v) is 3.34. The van der Waals surface area contributed by atoms with Gasteiger partial charge in [0.25, 0.3) is 5.56 Å². The number of nitrogens with one attached hydrogen (secondary N) is 1. The van der Waals surface area contributed by atoms with Crippen molar-refractivity contribution in [1.82, 2.24) is 14.4 Å². The summed E-state index contributed by atoms with van der Waals surface area (Å²) in [7, 11) is 0. The average molecular weight is 310 g/mol. The van der Waals surface area contributed by atoms with Crippen LogP contribution in [0.5, 0.6) is 0 Å². The highest BCUT2D eigenvalue weighted by Crippen LogP contribution is 2.31. The molecule has 2 N–H and O–H groups in total. The summed E-state index contributed by atoms with van der Waals surface area (Å²) in [6.07, 6.45) is -3.45. The van der Waals surface area contributed by atoms with E-state index in [0.29, 0.717) is 11.2 Å². The lowest BCUT2D eigenvalue weighted by Gasteiger charge is -2.09. The molecule has 0 amide bonds. The molecular weight excluding hydrogens is 301 g/mol. The molecule has 0 aliphatic carbocycles. The molecule has 0 radical (unpaired) electrons. The van der Waals surface area contributed by atoms with Crippen molar-refractivity contribution in [2.75, 3.05) is 0 Å². The molecular formula is C13H9F3N4O2. The van der Waals surface area contributed by atoms with Gasteiger partial charge in [0.15, 0.2) is 0 Å². The third kappa shape index (κ3) is 2.01. The molecule has 114 valence electrons. The number of imidazole rings is 1. The third-order valence-electron chi connectivity index (χ3n) is 3.34. The SMILES string of the molecule is Cc1c(C=NO)nc2c(=O)[nH]c3cc(C(F)(F)F)ccc3n12. The van der Waals surface area contributed by atoms with E-state index in [1.807, 2.05) is 0 Å². The maximum absolute atomic E-state index is 12.8. The molecule has 0 aliphatic rings. The fourth-order valence-corrected chi connectivity index (χ4v) is 2.33. The van der Waals surface area contributed by atoms with E-state index in [-0.39, 0.29) is 16.9 Å². The monoisotopic (exact) mass is 310 g/mol. The summed E-state index contributed by atoms with van der Waals surface area (Å²) in [4.78, 5) is 18.4. The number of aromatic nitrogens is 3. The minimum Gasteiger partial charge on any atom is -0.411 e. The molecule has 0 aliphatic heterocycles. The molecule has 0 fully saturated rings. The van der Waals surface area contributed by atoms with E-state index in [1.54, 1.807) is 6.92 Å². The van der Waals surface area contributed by atoms with Crippen LogP contribution in [-0.4, -0.2) is 25.8 Å². The first-order valence-electron chi connectivity index (χ1n) is 6.12. The van der Waals surface area contributed by atoms with Crippen molar-refractivity contribution in [2.24, 2.45) is 5.16 Å². The van der Waals surface area contributed by atoms with Gasteiger partial charge in [-0.2, -0.15) is 13.2 Å². The number of benzene rings is 1. The van der Waals surface area contributed by atoms with Crippen LogP contribution in [0.25, 0.3) is 16.7 Å². The van der Waals surface area contributed by atoms with Crippen LogP contribution in [0.2, 0.25) is 0 Å². The lowest BCUT2D eigenvalue weighted by Crippen LogP contribution is -2.12. The highest BCUT2D eigenvalue weighted by Gasteiger charge is 2.30. The quantitative estimate of drug-likeness (QED) is 0.411.